The number of benzene rings is 1. The summed E-state index contributed by atoms with van der Waals surface area (Å²) < 4.78 is 0. The lowest BCUT2D eigenvalue weighted by Gasteiger charge is -2.36. The second-order valence-corrected chi connectivity index (χ2v) is 6.57. The van der Waals surface area contributed by atoms with Crippen LogP contribution in [0.25, 0.3) is 0 Å². The number of piperidine rings is 1. The summed E-state index contributed by atoms with van der Waals surface area (Å²) in [7, 11) is 0. The third-order valence-electron chi connectivity index (χ3n) is 4.42. The van der Waals surface area contributed by atoms with Crippen molar-refractivity contribution in [1.82, 2.24) is 4.90 Å². The van der Waals surface area contributed by atoms with Gasteiger partial charge in [-0.3, -0.25) is 9.69 Å². The third-order valence-corrected chi connectivity index (χ3v) is 4.96. The standard InChI is InChI=1S/C15H17Cl2NO2/c16-9-1-4-13(14(17)5-9)15(20)8-18-10-2-3-11(18)7-12(19)6-10/h1,4-5,10-12,19H,2-3,6-8H2. The van der Waals surface area contributed by atoms with Gasteiger partial charge in [0.2, 0.25) is 0 Å². The predicted molar refractivity (Wildman–Crippen MR) is 79.5 cm³/mol. The molecule has 2 saturated heterocycles. The van der Waals surface area contributed by atoms with E-state index in [1.807, 2.05) is 0 Å². The minimum atomic E-state index is -0.210. The summed E-state index contributed by atoms with van der Waals surface area (Å²) in [6, 6.07) is 5.64. The molecule has 0 spiro atoms. The summed E-state index contributed by atoms with van der Waals surface area (Å²) in [5.41, 5.74) is 0.529. The van der Waals surface area contributed by atoms with Gasteiger partial charge < -0.3 is 5.11 Å². The molecular formula is C15H17Cl2NO2. The van der Waals surface area contributed by atoms with E-state index in [9.17, 15) is 9.90 Å². The van der Waals surface area contributed by atoms with Gasteiger partial charge in [-0.25, -0.2) is 0 Å². The highest BCUT2D eigenvalue weighted by atomic mass is 35.5. The van der Waals surface area contributed by atoms with Gasteiger partial charge in [0.15, 0.2) is 5.78 Å². The molecule has 2 heterocycles. The molecule has 3 rings (SSSR count). The highest BCUT2D eigenvalue weighted by Crippen LogP contribution is 2.36. The molecule has 0 saturated carbocycles. The zero-order chi connectivity index (χ0) is 14.3. The van der Waals surface area contributed by atoms with E-state index in [0.717, 1.165) is 25.7 Å². The number of aliphatic hydroxyl groups excluding tert-OH is 1. The zero-order valence-corrected chi connectivity index (χ0v) is 12.6. The average molecular weight is 314 g/mol. The Morgan fingerprint density at radius 1 is 1.25 bits per heavy atom. The minimum absolute atomic E-state index is 0.0277. The van der Waals surface area contributed by atoms with Crippen LogP contribution in [0.3, 0.4) is 0 Å². The van der Waals surface area contributed by atoms with Gasteiger partial charge in [0.05, 0.1) is 17.7 Å². The Labute approximate surface area is 128 Å². The summed E-state index contributed by atoms with van der Waals surface area (Å²) in [4.78, 5) is 14.6. The fourth-order valence-corrected chi connectivity index (χ4v) is 3.98. The first-order chi connectivity index (χ1) is 9.54. The monoisotopic (exact) mass is 313 g/mol. The second-order valence-electron chi connectivity index (χ2n) is 5.73. The van der Waals surface area contributed by atoms with Crippen LogP contribution in [0.4, 0.5) is 0 Å². The molecule has 1 aromatic carbocycles. The van der Waals surface area contributed by atoms with Crippen molar-refractivity contribution in [3.05, 3.63) is 33.8 Å². The Kier molecular flexibility index (Phi) is 4.04. The van der Waals surface area contributed by atoms with Crippen LogP contribution in [0.15, 0.2) is 18.2 Å². The molecular weight excluding hydrogens is 297 g/mol. The Morgan fingerprint density at radius 2 is 1.90 bits per heavy atom. The smallest absolute Gasteiger partial charge is 0.178 e. The molecule has 2 fully saturated rings. The lowest BCUT2D eigenvalue weighted by Crippen LogP contribution is -2.46. The molecule has 1 aromatic rings. The SMILES string of the molecule is O=C(CN1C2CCC1CC(O)C2)c1ccc(Cl)cc1Cl. The molecule has 108 valence electrons. The van der Waals surface area contributed by atoms with Gasteiger partial charge in [-0.15, -0.1) is 0 Å². The maximum absolute atomic E-state index is 12.4. The lowest BCUT2D eigenvalue weighted by atomic mass is 9.99. The Morgan fingerprint density at radius 3 is 2.50 bits per heavy atom. The maximum Gasteiger partial charge on any atom is 0.178 e. The van der Waals surface area contributed by atoms with E-state index < -0.39 is 0 Å². The topological polar surface area (TPSA) is 40.5 Å². The van der Waals surface area contributed by atoms with Crippen molar-refractivity contribution in [3.63, 3.8) is 0 Å². The van der Waals surface area contributed by atoms with E-state index in [2.05, 4.69) is 4.90 Å². The molecule has 2 aliphatic rings. The van der Waals surface area contributed by atoms with Gasteiger partial charge in [-0.1, -0.05) is 23.2 Å². The second kappa shape index (κ2) is 5.64. The number of hydrogen-bond acceptors (Lipinski definition) is 3. The molecule has 20 heavy (non-hydrogen) atoms. The Balaban J connectivity index is 1.73. The lowest BCUT2D eigenvalue weighted by molar-refractivity contribution is 0.0344. The summed E-state index contributed by atoms with van der Waals surface area (Å²) in [6.07, 6.45) is 3.49. The summed E-state index contributed by atoms with van der Waals surface area (Å²) in [5.74, 6) is 0.0277. The molecule has 2 bridgehead atoms. The number of rotatable bonds is 3. The van der Waals surface area contributed by atoms with Crippen LogP contribution in [0.2, 0.25) is 10.0 Å². The molecule has 2 atom stereocenters. The van der Waals surface area contributed by atoms with Crippen LogP contribution in [0, 0.1) is 0 Å². The van der Waals surface area contributed by atoms with Crippen LogP contribution >= 0.6 is 23.2 Å². The number of carbonyl (C=O) groups is 1. The number of ketones is 1. The van der Waals surface area contributed by atoms with E-state index in [4.69, 9.17) is 23.2 Å². The van der Waals surface area contributed by atoms with Crippen molar-refractivity contribution in [2.24, 2.45) is 0 Å². The van der Waals surface area contributed by atoms with Crippen molar-refractivity contribution in [3.8, 4) is 0 Å². The average Bonchev–Trinajstić information content (AvgIpc) is 2.62. The van der Waals surface area contributed by atoms with Crippen LogP contribution < -0.4 is 0 Å². The molecule has 3 nitrogen and oxygen atoms in total. The highest BCUT2D eigenvalue weighted by Gasteiger charge is 2.40. The first-order valence-corrected chi connectivity index (χ1v) is 7.72. The zero-order valence-electron chi connectivity index (χ0n) is 11.1. The largest absolute Gasteiger partial charge is 0.393 e. The van der Waals surface area contributed by atoms with Crippen molar-refractivity contribution < 1.29 is 9.90 Å². The van der Waals surface area contributed by atoms with Crippen molar-refractivity contribution in [2.75, 3.05) is 6.54 Å². The van der Waals surface area contributed by atoms with Crippen molar-refractivity contribution >= 4 is 29.0 Å². The number of halogens is 2. The van der Waals surface area contributed by atoms with Crippen LogP contribution in [0.1, 0.15) is 36.0 Å². The van der Waals surface area contributed by atoms with E-state index in [-0.39, 0.29) is 11.9 Å². The number of hydrogen-bond donors (Lipinski definition) is 1. The first-order valence-electron chi connectivity index (χ1n) is 6.96. The van der Waals surface area contributed by atoms with E-state index in [0.29, 0.717) is 34.2 Å². The Hall–Kier alpha value is -0.610. The van der Waals surface area contributed by atoms with Crippen LogP contribution in [-0.4, -0.2) is 40.5 Å². The maximum atomic E-state index is 12.4. The van der Waals surface area contributed by atoms with Crippen LogP contribution in [-0.2, 0) is 0 Å². The fraction of sp³-hybridized carbons (Fsp3) is 0.533. The van der Waals surface area contributed by atoms with E-state index in [1.54, 1.807) is 18.2 Å². The number of aliphatic hydroxyl groups is 1. The molecule has 1 N–H and O–H groups in total. The molecule has 0 aromatic heterocycles. The normalized spacial score (nSPS) is 29.6. The number of nitrogens with zero attached hydrogens (tertiary/aromatic N) is 1. The minimum Gasteiger partial charge on any atom is -0.393 e. The predicted octanol–water partition coefficient (Wildman–Crippen LogP) is 3.16. The van der Waals surface area contributed by atoms with Gasteiger partial charge in [0.1, 0.15) is 0 Å². The van der Waals surface area contributed by atoms with Gasteiger partial charge >= 0.3 is 0 Å². The van der Waals surface area contributed by atoms with Gasteiger partial charge in [-0.2, -0.15) is 0 Å². The molecule has 2 unspecified atom stereocenters. The Bertz CT molecular complexity index is 521. The van der Waals surface area contributed by atoms with E-state index in [1.165, 1.54) is 0 Å². The van der Waals surface area contributed by atoms with Gasteiger partial charge in [0, 0.05) is 22.7 Å². The van der Waals surface area contributed by atoms with Gasteiger partial charge in [0.25, 0.3) is 0 Å². The highest BCUT2D eigenvalue weighted by molar-refractivity contribution is 6.36. The fourth-order valence-electron chi connectivity index (χ4n) is 3.47. The third kappa shape index (κ3) is 2.73. The van der Waals surface area contributed by atoms with Crippen LogP contribution in [0.5, 0.6) is 0 Å². The first kappa shape index (κ1) is 14.3. The molecule has 0 amide bonds. The van der Waals surface area contributed by atoms with Crippen molar-refractivity contribution in [1.29, 1.82) is 0 Å². The molecule has 0 aliphatic carbocycles. The number of Topliss-reactive ketones (excluding diaryl/α,β-unsaturated/α-hetero) is 1. The number of carbonyl (C=O) groups excluding carboxylic acids is 1. The molecule has 5 heteroatoms. The molecule has 0 radical (unpaired) electrons. The molecule has 2 aliphatic heterocycles. The number of fused-ring (bicyclic) bond motifs is 2. The summed E-state index contributed by atoms with van der Waals surface area (Å²) >= 11 is 11.9. The summed E-state index contributed by atoms with van der Waals surface area (Å²) in [5, 5.41) is 10.7. The van der Waals surface area contributed by atoms with E-state index >= 15 is 0 Å². The van der Waals surface area contributed by atoms with Crippen molar-refractivity contribution in [2.45, 2.75) is 43.9 Å². The quantitative estimate of drug-likeness (QED) is 0.871. The van der Waals surface area contributed by atoms with Gasteiger partial charge in [-0.05, 0) is 43.9 Å². The summed E-state index contributed by atoms with van der Waals surface area (Å²) in [6.45, 7) is 0.378.